The molecule has 2 N–H and O–H groups in total. The molecule has 21 heavy (non-hydrogen) atoms. The van der Waals surface area contributed by atoms with E-state index < -0.39 is 0 Å². The Balaban J connectivity index is 2.49. The van der Waals surface area contributed by atoms with Crippen molar-refractivity contribution >= 4 is 39.2 Å². The first-order valence-corrected chi connectivity index (χ1v) is 7.91. The van der Waals surface area contributed by atoms with E-state index in [0.29, 0.717) is 10.7 Å². The summed E-state index contributed by atoms with van der Waals surface area (Å²) in [6.45, 7) is 2.06. The van der Waals surface area contributed by atoms with Gasteiger partial charge in [-0.15, -0.1) is 0 Å². The standard InChI is InChI=1S/C15H17BrN2O2S/c1-3-4-11-12(14(19)20-2)13(18-15(21)17-11)9-5-7-10(16)8-6-9/h5-8,13H,3-4H2,1-2H3,(H2,17,18,21)/t13-/m1/s1. The van der Waals surface area contributed by atoms with Gasteiger partial charge < -0.3 is 15.4 Å². The van der Waals surface area contributed by atoms with E-state index >= 15 is 0 Å². The second-order valence-electron chi connectivity index (χ2n) is 4.72. The minimum Gasteiger partial charge on any atom is -0.466 e. The number of benzene rings is 1. The highest BCUT2D eigenvalue weighted by Crippen LogP contribution is 2.29. The lowest BCUT2D eigenvalue weighted by atomic mass is 9.94. The van der Waals surface area contributed by atoms with Gasteiger partial charge in [-0.1, -0.05) is 41.4 Å². The molecule has 112 valence electrons. The largest absolute Gasteiger partial charge is 0.466 e. The van der Waals surface area contributed by atoms with Crippen LogP contribution in [0.2, 0.25) is 0 Å². The summed E-state index contributed by atoms with van der Waals surface area (Å²) in [4.78, 5) is 12.2. The van der Waals surface area contributed by atoms with E-state index in [0.717, 1.165) is 28.6 Å². The van der Waals surface area contributed by atoms with Crippen molar-refractivity contribution < 1.29 is 9.53 Å². The van der Waals surface area contributed by atoms with Crippen molar-refractivity contribution in [2.75, 3.05) is 7.11 Å². The van der Waals surface area contributed by atoms with Gasteiger partial charge in [-0.25, -0.2) is 4.79 Å². The fraction of sp³-hybridized carbons (Fsp3) is 0.333. The first kappa shape index (κ1) is 16.0. The van der Waals surface area contributed by atoms with Crippen LogP contribution in [0.3, 0.4) is 0 Å². The highest BCUT2D eigenvalue weighted by atomic mass is 79.9. The fourth-order valence-corrected chi connectivity index (χ4v) is 2.83. The van der Waals surface area contributed by atoms with E-state index in [1.54, 1.807) is 0 Å². The number of hydrogen-bond acceptors (Lipinski definition) is 3. The number of halogens is 1. The maximum atomic E-state index is 12.2. The van der Waals surface area contributed by atoms with Crippen LogP contribution in [0.4, 0.5) is 0 Å². The maximum absolute atomic E-state index is 12.2. The molecule has 1 aliphatic heterocycles. The van der Waals surface area contributed by atoms with E-state index in [1.165, 1.54) is 7.11 Å². The summed E-state index contributed by atoms with van der Waals surface area (Å²) >= 11 is 8.67. The average Bonchev–Trinajstić information content (AvgIpc) is 2.47. The van der Waals surface area contributed by atoms with Crippen molar-refractivity contribution in [3.8, 4) is 0 Å². The molecule has 0 spiro atoms. The highest BCUT2D eigenvalue weighted by molar-refractivity contribution is 9.10. The van der Waals surface area contributed by atoms with Crippen LogP contribution < -0.4 is 10.6 Å². The van der Waals surface area contributed by atoms with Crippen molar-refractivity contribution in [3.05, 3.63) is 45.6 Å². The van der Waals surface area contributed by atoms with Crippen LogP contribution in [0, 0.1) is 0 Å². The van der Waals surface area contributed by atoms with Crippen LogP contribution in [-0.2, 0) is 9.53 Å². The molecule has 0 aliphatic carbocycles. The Labute approximate surface area is 138 Å². The Morgan fingerprint density at radius 3 is 2.62 bits per heavy atom. The number of thiocarbonyl (C=S) groups is 1. The van der Waals surface area contributed by atoms with Crippen LogP contribution in [0.25, 0.3) is 0 Å². The number of carbonyl (C=O) groups is 1. The Morgan fingerprint density at radius 2 is 2.05 bits per heavy atom. The fourth-order valence-electron chi connectivity index (χ4n) is 2.32. The lowest BCUT2D eigenvalue weighted by Gasteiger charge is -2.30. The smallest absolute Gasteiger partial charge is 0.337 e. The molecule has 1 atom stereocenters. The minimum atomic E-state index is -0.339. The van der Waals surface area contributed by atoms with Crippen LogP contribution >= 0.6 is 28.1 Å². The van der Waals surface area contributed by atoms with E-state index in [2.05, 4.69) is 33.5 Å². The highest BCUT2D eigenvalue weighted by Gasteiger charge is 2.31. The number of allylic oxidation sites excluding steroid dienone is 1. The maximum Gasteiger partial charge on any atom is 0.337 e. The third-order valence-electron chi connectivity index (χ3n) is 3.26. The molecule has 1 aromatic carbocycles. The predicted octanol–water partition coefficient (Wildman–Crippen LogP) is 3.20. The molecule has 4 nitrogen and oxygen atoms in total. The normalized spacial score (nSPS) is 18.0. The van der Waals surface area contributed by atoms with E-state index in [-0.39, 0.29) is 12.0 Å². The number of methoxy groups -OCH3 is 1. The number of nitrogens with one attached hydrogen (secondary N) is 2. The third kappa shape index (κ3) is 3.63. The lowest BCUT2D eigenvalue weighted by molar-refractivity contribution is -0.136. The minimum absolute atomic E-state index is 0.291. The van der Waals surface area contributed by atoms with Crippen molar-refractivity contribution in [2.24, 2.45) is 0 Å². The molecule has 2 rings (SSSR count). The molecule has 1 aliphatic rings. The zero-order valence-corrected chi connectivity index (χ0v) is 14.3. The molecule has 0 saturated heterocycles. The average molecular weight is 369 g/mol. The Hall–Kier alpha value is -1.40. The van der Waals surface area contributed by atoms with Crippen molar-refractivity contribution in [2.45, 2.75) is 25.8 Å². The van der Waals surface area contributed by atoms with Crippen LogP contribution in [0.1, 0.15) is 31.4 Å². The first-order chi connectivity index (χ1) is 10.1. The zero-order valence-electron chi connectivity index (χ0n) is 11.9. The molecule has 1 heterocycles. The van der Waals surface area contributed by atoms with Gasteiger partial charge in [0.05, 0.1) is 18.7 Å². The van der Waals surface area contributed by atoms with Crippen LogP contribution in [0.15, 0.2) is 40.0 Å². The van der Waals surface area contributed by atoms with Gasteiger partial charge >= 0.3 is 5.97 Å². The van der Waals surface area contributed by atoms with Gasteiger partial charge in [0.15, 0.2) is 5.11 Å². The summed E-state index contributed by atoms with van der Waals surface area (Å²) in [6, 6.07) is 7.51. The quantitative estimate of drug-likeness (QED) is 0.631. The van der Waals surface area contributed by atoms with E-state index in [1.807, 2.05) is 24.3 Å². The molecular weight excluding hydrogens is 352 g/mol. The second-order valence-corrected chi connectivity index (χ2v) is 6.04. The summed E-state index contributed by atoms with van der Waals surface area (Å²) in [5.41, 5.74) is 2.40. The summed E-state index contributed by atoms with van der Waals surface area (Å²) in [7, 11) is 1.39. The molecule has 0 aromatic heterocycles. The Morgan fingerprint density at radius 1 is 1.38 bits per heavy atom. The molecule has 1 aromatic rings. The SMILES string of the molecule is CCCC1=C(C(=O)OC)[C@@H](c2ccc(Br)cc2)NC(=S)N1. The van der Waals surface area contributed by atoms with Gasteiger partial charge in [0.1, 0.15) is 0 Å². The van der Waals surface area contributed by atoms with Gasteiger partial charge in [0, 0.05) is 10.2 Å². The molecule has 6 heteroatoms. The number of hydrogen-bond donors (Lipinski definition) is 2. The van der Waals surface area contributed by atoms with Crippen molar-refractivity contribution in [3.63, 3.8) is 0 Å². The number of ether oxygens (including phenoxy) is 1. The predicted molar refractivity (Wildman–Crippen MR) is 89.7 cm³/mol. The van der Waals surface area contributed by atoms with Crippen LogP contribution in [-0.4, -0.2) is 18.2 Å². The monoisotopic (exact) mass is 368 g/mol. The van der Waals surface area contributed by atoms with Crippen molar-refractivity contribution in [1.82, 2.24) is 10.6 Å². The molecule has 0 fully saturated rings. The van der Waals surface area contributed by atoms with Crippen molar-refractivity contribution in [1.29, 1.82) is 0 Å². The van der Waals surface area contributed by atoms with E-state index in [4.69, 9.17) is 17.0 Å². The number of carbonyl (C=O) groups excluding carboxylic acids is 1. The summed E-state index contributed by atoms with van der Waals surface area (Å²) in [5.74, 6) is -0.339. The van der Waals surface area contributed by atoms with E-state index in [9.17, 15) is 4.79 Å². The van der Waals surface area contributed by atoms with Gasteiger partial charge in [0.2, 0.25) is 0 Å². The summed E-state index contributed by atoms with van der Waals surface area (Å²) in [5, 5.41) is 6.76. The van der Waals surface area contributed by atoms with Gasteiger partial charge in [-0.2, -0.15) is 0 Å². The molecular formula is C15H17BrN2O2S. The van der Waals surface area contributed by atoms with Gasteiger partial charge in [-0.05, 0) is 36.3 Å². The molecule has 0 saturated carbocycles. The lowest BCUT2D eigenvalue weighted by Crippen LogP contribution is -2.45. The summed E-state index contributed by atoms with van der Waals surface area (Å²) < 4.78 is 5.93. The summed E-state index contributed by atoms with van der Waals surface area (Å²) in [6.07, 6.45) is 1.66. The third-order valence-corrected chi connectivity index (χ3v) is 4.01. The molecule has 0 radical (unpaired) electrons. The first-order valence-electron chi connectivity index (χ1n) is 6.71. The van der Waals surface area contributed by atoms with Crippen LogP contribution in [0.5, 0.6) is 0 Å². The molecule has 0 unspecified atom stereocenters. The Bertz CT molecular complexity index is 584. The second kappa shape index (κ2) is 7.04. The Kier molecular flexibility index (Phi) is 5.36. The number of rotatable bonds is 4. The van der Waals surface area contributed by atoms with Gasteiger partial charge in [-0.3, -0.25) is 0 Å². The molecule has 0 amide bonds. The topological polar surface area (TPSA) is 50.4 Å². The zero-order chi connectivity index (χ0) is 15.4. The number of esters is 1. The van der Waals surface area contributed by atoms with Gasteiger partial charge in [0.25, 0.3) is 0 Å². The molecule has 0 bridgehead atoms.